The first-order chi connectivity index (χ1) is 23.4. The van der Waals surface area contributed by atoms with Crippen LogP contribution in [0.4, 0.5) is 0 Å². The number of nitrogens with one attached hydrogen (secondary N) is 1. The summed E-state index contributed by atoms with van der Waals surface area (Å²) in [6, 6.07) is 28.9. The number of fused-ring (bicyclic) bond motifs is 4. The fourth-order valence-corrected chi connectivity index (χ4v) is 8.31. The van der Waals surface area contributed by atoms with Crippen LogP contribution in [0, 0.1) is 23.7 Å². The number of hydrogen-bond donors (Lipinski definition) is 1. The van der Waals surface area contributed by atoms with Crippen LogP contribution >= 0.6 is 0 Å². The number of methoxy groups -OCH3 is 1. The van der Waals surface area contributed by atoms with E-state index in [1.807, 2.05) is 30.3 Å². The van der Waals surface area contributed by atoms with Crippen molar-refractivity contribution in [3.63, 3.8) is 0 Å². The summed E-state index contributed by atoms with van der Waals surface area (Å²) in [4.78, 5) is 12.6. The standard InChI is InChI=1S/C42H44N2O4/c1-29-33(13-7-14-34(29)32-11-4-3-5-12-32)28-48-38-24-39(47-27-31-10-6-9-30(23-31)25-43)37(35-15-8-16-36(35)38)26-44-42-20-17-41(18-21-42,19-22-42)40(45)46-2/h3-7,9-14,23-24,44H,8,15-22,26-28H2,1-2H3. The predicted octanol–water partition coefficient (Wildman–Crippen LogP) is 8.54. The van der Waals surface area contributed by atoms with Gasteiger partial charge in [-0.1, -0.05) is 60.7 Å². The molecule has 0 aliphatic heterocycles. The molecule has 4 aliphatic rings. The van der Waals surface area contributed by atoms with E-state index >= 15 is 0 Å². The Labute approximate surface area is 284 Å². The fraction of sp³-hybridized carbons (Fsp3) is 0.381. The molecule has 246 valence electrons. The maximum atomic E-state index is 12.6. The summed E-state index contributed by atoms with van der Waals surface area (Å²) >= 11 is 0. The molecular weight excluding hydrogens is 596 g/mol. The second-order valence-electron chi connectivity index (χ2n) is 13.9. The molecule has 8 rings (SSSR count). The zero-order chi connectivity index (χ0) is 33.1. The molecule has 0 amide bonds. The zero-order valence-electron chi connectivity index (χ0n) is 28.1. The van der Waals surface area contributed by atoms with Gasteiger partial charge in [0.25, 0.3) is 0 Å². The minimum Gasteiger partial charge on any atom is -0.488 e. The summed E-state index contributed by atoms with van der Waals surface area (Å²) in [5, 5.41) is 13.4. The number of nitrogens with zero attached hydrogens (tertiary/aromatic N) is 1. The van der Waals surface area contributed by atoms with Gasteiger partial charge in [0, 0.05) is 23.7 Å². The highest BCUT2D eigenvalue weighted by Crippen LogP contribution is 2.53. The third-order valence-electron chi connectivity index (χ3n) is 11.3. The van der Waals surface area contributed by atoms with E-state index in [2.05, 4.69) is 66.8 Å². The monoisotopic (exact) mass is 640 g/mol. The van der Waals surface area contributed by atoms with Crippen LogP contribution in [0.2, 0.25) is 0 Å². The molecule has 4 aliphatic carbocycles. The van der Waals surface area contributed by atoms with E-state index in [1.165, 1.54) is 46.1 Å². The SMILES string of the molecule is COC(=O)C12CCC(NCc3c(OCc4cccc(C#N)c4)cc(OCc4cccc(-c5ccccc5)c4C)c4c3CCC4)(CC1)CC2. The predicted molar refractivity (Wildman–Crippen MR) is 187 cm³/mol. The van der Waals surface area contributed by atoms with E-state index in [0.29, 0.717) is 25.3 Å². The summed E-state index contributed by atoms with van der Waals surface area (Å²) < 4.78 is 18.5. The Bertz CT molecular complexity index is 1830. The van der Waals surface area contributed by atoms with Gasteiger partial charge < -0.3 is 19.5 Å². The van der Waals surface area contributed by atoms with E-state index in [0.717, 1.165) is 74.8 Å². The smallest absolute Gasteiger partial charge is 0.311 e. The first kappa shape index (κ1) is 32.0. The lowest BCUT2D eigenvalue weighted by molar-refractivity contribution is -0.160. The Morgan fingerprint density at radius 3 is 2.31 bits per heavy atom. The van der Waals surface area contributed by atoms with Crippen molar-refractivity contribution < 1.29 is 19.0 Å². The van der Waals surface area contributed by atoms with Crippen molar-refractivity contribution in [2.45, 2.75) is 90.0 Å². The largest absolute Gasteiger partial charge is 0.488 e. The Hall–Kier alpha value is -4.60. The molecule has 2 bridgehead atoms. The van der Waals surface area contributed by atoms with Gasteiger partial charge in [0.1, 0.15) is 24.7 Å². The van der Waals surface area contributed by atoms with Crippen LogP contribution in [0.15, 0.2) is 78.9 Å². The van der Waals surface area contributed by atoms with E-state index in [9.17, 15) is 10.1 Å². The molecular formula is C42H44N2O4. The first-order valence-corrected chi connectivity index (χ1v) is 17.3. The molecule has 4 aromatic rings. The molecule has 3 saturated carbocycles. The molecule has 3 fully saturated rings. The molecule has 6 heteroatoms. The quantitative estimate of drug-likeness (QED) is 0.166. The van der Waals surface area contributed by atoms with Gasteiger partial charge in [-0.05, 0) is 116 Å². The summed E-state index contributed by atoms with van der Waals surface area (Å²) in [5.41, 5.74) is 9.96. The normalized spacial score (nSPS) is 20.9. The van der Waals surface area contributed by atoms with Gasteiger partial charge in [0.05, 0.1) is 24.2 Å². The van der Waals surface area contributed by atoms with Gasteiger partial charge in [-0.3, -0.25) is 4.79 Å². The number of nitriles is 1. The maximum Gasteiger partial charge on any atom is 0.311 e. The lowest BCUT2D eigenvalue weighted by atomic mass is 9.57. The molecule has 1 N–H and O–H groups in total. The van der Waals surface area contributed by atoms with Crippen LogP contribution in [0.1, 0.15) is 83.9 Å². The summed E-state index contributed by atoms with van der Waals surface area (Å²) in [7, 11) is 1.51. The van der Waals surface area contributed by atoms with Gasteiger partial charge in [0.2, 0.25) is 0 Å². The van der Waals surface area contributed by atoms with Gasteiger partial charge in [-0.15, -0.1) is 0 Å². The van der Waals surface area contributed by atoms with Crippen LogP contribution in [-0.4, -0.2) is 18.6 Å². The molecule has 0 spiro atoms. The van der Waals surface area contributed by atoms with E-state index < -0.39 is 0 Å². The summed E-state index contributed by atoms with van der Waals surface area (Å²) in [6.07, 6.45) is 8.62. The highest BCUT2D eigenvalue weighted by molar-refractivity contribution is 5.77. The number of carbonyl (C=O) groups is 1. The van der Waals surface area contributed by atoms with Gasteiger partial charge >= 0.3 is 5.97 Å². The second-order valence-corrected chi connectivity index (χ2v) is 13.9. The summed E-state index contributed by atoms with van der Waals surface area (Å²) in [5.74, 6) is 1.69. The van der Waals surface area contributed by atoms with Gasteiger partial charge in [-0.25, -0.2) is 0 Å². The molecule has 0 heterocycles. The van der Waals surface area contributed by atoms with Crippen molar-refractivity contribution in [1.29, 1.82) is 5.26 Å². The van der Waals surface area contributed by atoms with E-state index in [-0.39, 0.29) is 16.9 Å². The number of benzene rings is 4. The highest BCUT2D eigenvalue weighted by Gasteiger charge is 2.53. The van der Waals surface area contributed by atoms with Crippen molar-refractivity contribution in [2.24, 2.45) is 5.41 Å². The Kier molecular flexibility index (Phi) is 8.98. The third kappa shape index (κ3) is 6.20. The second kappa shape index (κ2) is 13.5. The lowest BCUT2D eigenvalue weighted by Gasteiger charge is -2.52. The summed E-state index contributed by atoms with van der Waals surface area (Å²) in [6.45, 7) is 3.73. The molecule has 0 saturated heterocycles. The Morgan fingerprint density at radius 1 is 0.833 bits per heavy atom. The number of ether oxygens (including phenoxy) is 3. The van der Waals surface area contributed by atoms with E-state index in [1.54, 1.807) is 0 Å². The van der Waals surface area contributed by atoms with Crippen molar-refractivity contribution in [3.05, 3.63) is 118 Å². The molecule has 0 atom stereocenters. The van der Waals surface area contributed by atoms with Crippen molar-refractivity contribution in [2.75, 3.05) is 7.11 Å². The number of carbonyl (C=O) groups excluding carboxylic acids is 1. The molecule has 4 aromatic carbocycles. The molecule has 0 unspecified atom stereocenters. The number of hydrogen-bond acceptors (Lipinski definition) is 6. The zero-order valence-corrected chi connectivity index (χ0v) is 28.1. The van der Waals surface area contributed by atoms with Crippen LogP contribution in [-0.2, 0) is 42.1 Å². The topological polar surface area (TPSA) is 80.6 Å². The van der Waals surface area contributed by atoms with Gasteiger partial charge in [0.15, 0.2) is 0 Å². The fourth-order valence-electron chi connectivity index (χ4n) is 8.31. The Morgan fingerprint density at radius 2 is 1.56 bits per heavy atom. The van der Waals surface area contributed by atoms with Crippen LogP contribution in [0.5, 0.6) is 11.5 Å². The van der Waals surface area contributed by atoms with Crippen LogP contribution < -0.4 is 14.8 Å². The first-order valence-electron chi connectivity index (χ1n) is 17.3. The Balaban J connectivity index is 1.16. The van der Waals surface area contributed by atoms with Crippen LogP contribution in [0.3, 0.4) is 0 Å². The average Bonchev–Trinajstić information content (AvgIpc) is 3.64. The lowest BCUT2D eigenvalue weighted by Crippen LogP contribution is -2.56. The number of rotatable bonds is 11. The minimum absolute atomic E-state index is 0.0239. The van der Waals surface area contributed by atoms with Crippen molar-refractivity contribution >= 4 is 5.97 Å². The van der Waals surface area contributed by atoms with Crippen molar-refractivity contribution in [1.82, 2.24) is 5.32 Å². The average molecular weight is 641 g/mol. The number of esters is 1. The minimum atomic E-state index is -0.302. The van der Waals surface area contributed by atoms with Gasteiger partial charge in [-0.2, -0.15) is 5.26 Å². The van der Waals surface area contributed by atoms with E-state index in [4.69, 9.17) is 14.2 Å². The maximum absolute atomic E-state index is 12.6. The molecule has 6 nitrogen and oxygen atoms in total. The molecule has 0 aromatic heterocycles. The van der Waals surface area contributed by atoms with Crippen molar-refractivity contribution in [3.8, 4) is 28.7 Å². The highest BCUT2D eigenvalue weighted by atomic mass is 16.5. The molecule has 48 heavy (non-hydrogen) atoms. The molecule has 0 radical (unpaired) electrons. The third-order valence-corrected chi connectivity index (χ3v) is 11.3. The van der Waals surface area contributed by atoms with Crippen LogP contribution in [0.25, 0.3) is 11.1 Å².